The van der Waals surface area contributed by atoms with Crippen LogP contribution in [0.15, 0.2) is 25.3 Å². The van der Waals surface area contributed by atoms with E-state index in [1.54, 1.807) is 12.7 Å². The van der Waals surface area contributed by atoms with E-state index in [9.17, 15) is 0 Å². The molecule has 0 aromatic carbocycles. The van der Waals surface area contributed by atoms with Crippen LogP contribution < -0.4 is 10.2 Å². The Morgan fingerprint density at radius 2 is 2.11 bits per heavy atom. The van der Waals surface area contributed by atoms with Crippen LogP contribution in [0, 0.1) is 0 Å². The number of nitrogens with one attached hydrogen (secondary N) is 1. The third kappa shape index (κ3) is 1.84. The van der Waals surface area contributed by atoms with Crippen LogP contribution in [-0.4, -0.2) is 45.7 Å². The Bertz CT molecular complexity index is 555. The number of hydrogen-bond donors (Lipinski definition) is 1. The first-order valence-electron chi connectivity index (χ1n) is 6.12. The Morgan fingerprint density at radius 3 is 2.89 bits per heavy atom. The Morgan fingerprint density at radius 1 is 1.28 bits per heavy atom. The Hall–Kier alpha value is -1.95. The number of anilines is 1. The SMILES string of the molecule is C=CCn1cnc2c(N3CCNCC3)ncnc21. The van der Waals surface area contributed by atoms with Gasteiger partial charge >= 0.3 is 0 Å². The van der Waals surface area contributed by atoms with E-state index in [0.717, 1.165) is 43.2 Å². The average molecular weight is 244 g/mol. The van der Waals surface area contributed by atoms with Crippen LogP contribution in [-0.2, 0) is 6.54 Å². The lowest BCUT2D eigenvalue weighted by Gasteiger charge is -2.28. The molecule has 0 unspecified atom stereocenters. The summed E-state index contributed by atoms with van der Waals surface area (Å²) in [5, 5.41) is 3.33. The molecule has 18 heavy (non-hydrogen) atoms. The van der Waals surface area contributed by atoms with E-state index in [2.05, 4.69) is 31.7 Å². The lowest BCUT2D eigenvalue weighted by Crippen LogP contribution is -2.44. The maximum Gasteiger partial charge on any atom is 0.165 e. The van der Waals surface area contributed by atoms with Gasteiger partial charge < -0.3 is 14.8 Å². The van der Waals surface area contributed by atoms with E-state index in [1.807, 2.05) is 10.6 Å². The van der Waals surface area contributed by atoms with E-state index >= 15 is 0 Å². The second-order valence-corrected chi connectivity index (χ2v) is 4.29. The van der Waals surface area contributed by atoms with Crippen LogP contribution in [0.4, 0.5) is 5.82 Å². The molecule has 0 radical (unpaired) electrons. The third-order valence-electron chi connectivity index (χ3n) is 3.12. The summed E-state index contributed by atoms with van der Waals surface area (Å²) in [6.07, 6.45) is 5.25. The molecule has 2 aromatic heterocycles. The number of piperazine rings is 1. The molecule has 0 atom stereocenters. The highest BCUT2D eigenvalue weighted by Crippen LogP contribution is 2.21. The standard InChI is InChI=1S/C12H16N6/c1-2-5-18-9-16-10-11(14-8-15-12(10)18)17-6-3-13-4-7-17/h2,8-9,13H,1,3-7H2. The van der Waals surface area contributed by atoms with Gasteiger partial charge in [-0.25, -0.2) is 15.0 Å². The minimum Gasteiger partial charge on any atom is -0.352 e. The van der Waals surface area contributed by atoms with Gasteiger partial charge in [-0.05, 0) is 0 Å². The zero-order chi connectivity index (χ0) is 12.4. The normalized spacial score (nSPS) is 16.1. The molecule has 2 aromatic rings. The van der Waals surface area contributed by atoms with Crippen LogP contribution >= 0.6 is 0 Å². The molecule has 0 bridgehead atoms. The predicted octanol–water partition coefficient (Wildman–Crippen LogP) is 0.422. The van der Waals surface area contributed by atoms with Crippen LogP contribution in [0.3, 0.4) is 0 Å². The first-order valence-corrected chi connectivity index (χ1v) is 6.12. The summed E-state index contributed by atoms with van der Waals surface area (Å²) < 4.78 is 1.98. The highest BCUT2D eigenvalue weighted by Gasteiger charge is 2.17. The Kier molecular flexibility index (Phi) is 2.93. The van der Waals surface area contributed by atoms with Gasteiger partial charge in [-0.3, -0.25) is 0 Å². The van der Waals surface area contributed by atoms with Gasteiger partial charge in [0.2, 0.25) is 0 Å². The van der Waals surface area contributed by atoms with Gasteiger partial charge in [0.1, 0.15) is 6.33 Å². The smallest absolute Gasteiger partial charge is 0.165 e. The summed E-state index contributed by atoms with van der Waals surface area (Å²) in [4.78, 5) is 15.4. The van der Waals surface area contributed by atoms with E-state index in [4.69, 9.17) is 0 Å². The molecule has 1 aliphatic rings. The average Bonchev–Trinajstić information content (AvgIpc) is 2.84. The molecule has 0 saturated carbocycles. The summed E-state index contributed by atoms with van der Waals surface area (Å²) in [6.45, 7) is 8.35. The molecule has 1 N–H and O–H groups in total. The lowest BCUT2D eigenvalue weighted by atomic mass is 10.3. The number of fused-ring (bicyclic) bond motifs is 1. The monoisotopic (exact) mass is 244 g/mol. The Balaban J connectivity index is 2.03. The van der Waals surface area contributed by atoms with Crippen molar-refractivity contribution in [2.75, 3.05) is 31.1 Å². The Labute approximate surface area is 105 Å². The molecule has 0 spiro atoms. The number of rotatable bonds is 3. The summed E-state index contributed by atoms with van der Waals surface area (Å²) in [5.41, 5.74) is 1.75. The van der Waals surface area contributed by atoms with Gasteiger partial charge in [0.15, 0.2) is 17.0 Å². The molecular weight excluding hydrogens is 228 g/mol. The van der Waals surface area contributed by atoms with Gasteiger partial charge in [-0.2, -0.15) is 0 Å². The molecule has 0 amide bonds. The number of hydrogen-bond acceptors (Lipinski definition) is 5. The minimum atomic E-state index is 0.717. The van der Waals surface area contributed by atoms with Crippen LogP contribution in [0.2, 0.25) is 0 Å². The van der Waals surface area contributed by atoms with Crippen molar-refractivity contribution in [3.63, 3.8) is 0 Å². The van der Waals surface area contributed by atoms with Crippen molar-refractivity contribution >= 4 is 17.0 Å². The van der Waals surface area contributed by atoms with Crippen molar-refractivity contribution in [1.82, 2.24) is 24.8 Å². The molecule has 6 heteroatoms. The molecule has 1 fully saturated rings. The van der Waals surface area contributed by atoms with Gasteiger partial charge in [0.05, 0.1) is 6.33 Å². The van der Waals surface area contributed by atoms with Gasteiger partial charge in [0.25, 0.3) is 0 Å². The fourth-order valence-corrected chi connectivity index (χ4v) is 2.25. The van der Waals surface area contributed by atoms with Crippen LogP contribution in [0.5, 0.6) is 0 Å². The van der Waals surface area contributed by atoms with E-state index < -0.39 is 0 Å². The van der Waals surface area contributed by atoms with Crippen molar-refractivity contribution in [3.8, 4) is 0 Å². The zero-order valence-corrected chi connectivity index (χ0v) is 10.2. The van der Waals surface area contributed by atoms with Crippen LogP contribution in [0.1, 0.15) is 0 Å². The molecule has 0 aliphatic carbocycles. The fourth-order valence-electron chi connectivity index (χ4n) is 2.25. The van der Waals surface area contributed by atoms with Gasteiger partial charge in [0, 0.05) is 32.7 Å². The maximum absolute atomic E-state index is 4.44. The highest BCUT2D eigenvalue weighted by molar-refractivity contribution is 5.83. The second kappa shape index (κ2) is 4.73. The maximum atomic E-state index is 4.44. The lowest BCUT2D eigenvalue weighted by molar-refractivity contribution is 0.586. The summed E-state index contributed by atoms with van der Waals surface area (Å²) in [5.74, 6) is 0.935. The molecular formula is C12H16N6. The van der Waals surface area contributed by atoms with E-state index in [0.29, 0.717) is 6.54 Å². The molecule has 3 rings (SSSR count). The molecule has 94 valence electrons. The number of allylic oxidation sites excluding steroid dienone is 1. The minimum absolute atomic E-state index is 0.717. The summed E-state index contributed by atoms with van der Waals surface area (Å²) >= 11 is 0. The van der Waals surface area contributed by atoms with Gasteiger partial charge in [-0.15, -0.1) is 6.58 Å². The number of imidazole rings is 1. The van der Waals surface area contributed by atoms with E-state index in [-0.39, 0.29) is 0 Å². The first-order chi connectivity index (χ1) is 8.90. The van der Waals surface area contributed by atoms with Crippen molar-refractivity contribution in [2.24, 2.45) is 0 Å². The second-order valence-electron chi connectivity index (χ2n) is 4.29. The summed E-state index contributed by atoms with van der Waals surface area (Å²) in [6, 6.07) is 0. The molecule has 1 saturated heterocycles. The number of aromatic nitrogens is 4. The van der Waals surface area contributed by atoms with Crippen molar-refractivity contribution in [2.45, 2.75) is 6.54 Å². The zero-order valence-electron chi connectivity index (χ0n) is 10.2. The van der Waals surface area contributed by atoms with Crippen molar-refractivity contribution in [1.29, 1.82) is 0 Å². The van der Waals surface area contributed by atoms with Crippen LogP contribution in [0.25, 0.3) is 11.2 Å². The van der Waals surface area contributed by atoms with E-state index in [1.165, 1.54) is 0 Å². The van der Waals surface area contributed by atoms with Gasteiger partial charge in [-0.1, -0.05) is 6.08 Å². The largest absolute Gasteiger partial charge is 0.352 e. The topological polar surface area (TPSA) is 58.9 Å². The number of nitrogens with zero attached hydrogens (tertiary/aromatic N) is 5. The molecule has 1 aliphatic heterocycles. The fraction of sp³-hybridized carbons (Fsp3) is 0.417. The third-order valence-corrected chi connectivity index (χ3v) is 3.12. The molecule has 3 heterocycles. The predicted molar refractivity (Wildman–Crippen MR) is 70.6 cm³/mol. The molecule has 6 nitrogen and oxygen atoms in total. The van der Waals surface area contributed by atoms with Crippen molar-refractivity contribution < 1.29 is 0 Å². The van der Waals surface area contributed by atoms with Crippen molar-refractivity contribution in [3.05, 3.63) is 25.3 Å². The first kappa shape index (κ1) is 11.2. The summed E-state index contributed by atoms with van der Waals surface area (Å²) in [7, 11) is 0. The highest BCUT2D eigenvalue weighted by atomic mass is 15.3. The quantitative estimate of drug-likeness (QED) is 0.793.